The Bertz CT molecular complexity index is 1240. The largest absolute Gasteiger partial charge is 0.465 e. The van der Waals surface area contributed by atoms with Gasteiger partial charge in [0.1, 0.15) is 22.2 Å². The molecular formula is C21H18FN7O2S. The van der Waals surface area contributed by atoms with E-state index in [2.05, 4.69) is 30.4 Å². The molecule has 1 amide bonds. The van der Waals surface area contributed by atoms with Gasteiger partial charge in [-0.25, -0.2) is 14.2 Å². The summed E-state index contributed by atoms with van der Waals surface area (Å²) in [6.07, 6.45) is 5.99. The Morgan fingerprint density at radius 2 is 2.06 bits per heavy atom. The summed E-state index contributed by atoms with van der Waals surface area (Å²) in [7, 11) is 0. The van der Waals surface area contributed by atoms with E-state index in [0.717, 1.165) is 21.9 Å². The lowest BCUT2D eigenvalue weighted by Gasteiger charge is -2.43. The molecule has 5 rings (SSSR count). The number of aromatic amines is 1. The van der Waals surface area contributed by atoms with Crippen molar-refractivity contribution in [1.82, 2.24) is 30.4 Å². The SMILES string of the molecule is O=C(O)N(CC1(c2ncccc2F)CCC1)c1ccc(-c2ncc(-c3cc[nH]n3)s2)nn1. The van der Waals surface area contributed by atoms with Crippen molar-refractivity contribution in [2.75, 3.05) is 11.4 Å². The second-order valence-electron chi connectivity index (χ2n) is 7.60. The third kappa shape index (κ3) is 3.60. The van der Waals surface area contributed by atoms with Crippen LogP contribution in [0.2, 0.25) is 0 Å². The van der Waals surface area contributed by atoms with Crippen molar-refractivity contribution in [2.24, 2.45) is 0 Å². The second-order valence-corrected chi connectivity index (χ2v) is 8.63. The molecule has 0 saturated heterocycles. The molecule has 4 heterocycles. The van der Waals surface area contributed by atoms with Crippen LogP contribution in [0.15, 0.2) is 48.9 Å². The summed E-state index contributed by atoms with van der Waals surface area (Å²) in [6, 6.07) is 8.00. The number of hydrogen-bond donors (Lipinski definition) is 2. The van der Waals surface area contributed by atoms with Crippen molar-refractivity contribution >= 4 is 23.2 Å². The number of rotatable bonds is 6. The Labute approximate surface area is 186 Å². The number of halogens is 1. The molecule has 9 nitrogen and oxygen atoms in total. The van der Waals surface area contributed by atoms with Gasteiger partial charge < -0.3 is 5.11 Å². The molecular weight excluding hydrogens is 433 g/mol. The lowest BCUT2D eigenvalue weighted by atomic mass is 9.66. The van der Waals surface area contributed by atoms with Gasteiger partial charge in [-0.15, -0.1) is 21.5 Å². The first-order valence-corrected chi connectivity index (χ1v) is 10.8. The highest BCUT2D eigenvalue weighted by Crippen LogP contribution is 2.45. The lowest BCUT2D eigenvalue weighted by molar-refractivity contribution is 0.188. The summed E-state index contributed by atoms with van der Waals surface area (Å²) in [5, 5.41) is 25.7. The minimum atomic E-state index is -1.18. The normalized spacial score (nSPS) is 14.7. The van der Waals surface area contributed by atoms with Crippen LogP contribution in [0.5, 0.6) is 0 Å². The second kappa shape index (κ2) is 8.08. The van der Waals surface area contributed by atoms with Crippen molar-refractivity contribution in [3.8, 4) is 21.3 Å². The van der Waals surface area contributed by atoms with Crippen LogP contribution in [-0.2, 0) is 5.41 Å². The van der Waals surface area contributed by atoms with Crippen LogP contribution in [0, 0.1) is 5.82 Å². The molecule has 0 atom stereocenters. The number of nitrogens with one attached hydrogen (secondary N) is 1. The van der Waals surface area contributed by atoms with Crippen molar-refractivity contribution in [2.45, 2.75) is 24.7 Å². The number of H-pyrrole nitrogens is 1. The topological polar surface area (TPSA) is 121 Å². The highest BCUT2D eigenvalue weighted by molar-refractivity contribution is 7.18. The third-order valence-corrected chi connectivity index (χ3v) is 6.71. The molecule has 4 aromatic rings. The van der Waals surface area contributed by atoms with Gasteiger partial charge in [-0.05, 0) is 43.2 Å². The van der Waals surface area contributed by atoms with Gasteiger partial charge in [-0.2, -0.15) is 5.10 Å². The molecule has 0 bridgehead atoms. The van der Waals surface area contributed by atoms with Crippen LogP contribution in [0.4, 0.5) is 15.0 Å². The molecule has 4 aromatic heterocycles. The number of hydrogen-bond acceptors (Lipinski definition) is 7. The van der Waals surface area contributed by atoms with Crippen LogP contribution >= 0.6 is 11.3 Å². The zero-order valence-corrected chi connectivity index (χ0v) is 17.6. The summed E-state index contributed by atoms with van der Waals surface area (Å²) in [6.45, 7) is 0.0604. The van der Waals surface area contributed by atoms with E-state index in [1.165, 1.54) is 29.7 Å². The maximum Gasteiger partial charge on any atom is 0.413 e. The van der Waals surface area contributed by atoms with Crippen LogP contribution in [-0.4, -0.2) is 48.1 Å². The Balaban J connectivity index is 1.40. The van der Waals surface area contributed by atoms with E-state index >= 15 is 0 Å². The van der Waals surface area contributed by atoms with Gasteiger partial charge in [0.05, 0.1) is 10.6 Å². The number of carbonyl (C=O) groups is 1. The molecule has 11 heteroatoms. The summed E-state index contributed by atoms with van der Waals surface area (Å²) in [5.74, 6) is -0.247. The fourth-order valence-corrected chi connectivity index (χ4v) is 4.74. The minimum absolute atomic E-state index is 0.0604. The predicted octanol–water partition coefficient (Wildman–Crippen LogP) is 4.13. The van der Waals surface area contributed by atoms with Gasteiger partial charge in [0.15, 0.2) is 5.82 Å². The molecule has 1 fully saturated rings. The first-order chi connectivity index (χ1) is 15.6. The average Bonchev–Trinajstić information content (AvgIpc) is 3.46. The smallest absolute Gasteiger partial charge is 0.413 e. The summed E-state index contributed by atoms with van der Waals surface area (Å²) >= 11 is 1.41. The molecule has 1 aliphatic rings. The summed E-state index contributed by atoms with van der Waals surface area (Å²) in [5.41, 5.74) is 0.941. The third-order valence-electron chi connectivity index (χ3n) is 5.67. The molecule has 1 aliphatic carbocycles. The van der Waals surface area contributed by atoms with Crippen LogP contribution < -0.4 is 4.90 Å². The number of nitrogens with zero attached hydrogens (tertiary/aromatic N) is 6. The fraction of sp³-hybridized carbons (Fsp3) is 0.238. The van der Waals surface area contributed by atoms with Gasteiger partial charge in [0, 0.05) is 30.6 Å². The van der Waals surface area contributed by atoms with E-state index in [-0.39, 0.29) is 12.4 Å². The highest BCUT2D eigenvalue weighted by atomic mass is 32.1. The fourth-order valence-electron chi connectivity index (χ4n) is 3.89. The van der Waals surface area contributed by atoms with Gasteiger partial charge in [-0.1, -0.05) is 6.42 Å². The van der Waals surface area contributed by atoms with E-state index < -0.39 is 17.3 Å². The number of thiazole rings is 1. The molecule has 0 aromatic carbocycles. The summed E-state index contributed by atoms with van der Waals surface area (Å²) in [4.78, 5) is 22.6. The van der Waals surface area contributed by atoms with Gasteiger partial charge >= 0.3 is 6.09 Å². The molecule has 162 valence electrons. The van der Waals surface area contributed by atoms with Gasteiger partial charge in [-0.3, -0.25) is 15.0 Å². The van der Waals surface area contributed by atoms with Crippen molar-refractivity contribution in [3.05, 3.63) is 60.4 Å². The quantitative estimate of drug-likeness (QED) is 0.452. The molecule has 2 N–H and O–H groups in total. The maximum absolute atomic E-state index is 14.4. The van der Waals surface area contributed by atoms with Crippen molar-refractivity contribution < 1.29 is 14.3 Å². The average molecular weight is 451 g/mol. The summed E-state index contributed by atoms with van der Waals surface area (Å²) < 4.78 is 14.4. The number of anilines is 1. The van der Waals surface area contributed by atoms with E-state index in [1.54, 1.807) is 24.5 Å². The predicted molar refractivity (Wildman–Crippen MR) is 116 cm³/mol. The number of amides is 1. The van der Waals surface area contributed by atoms with Crippen LogP contribution in [0.1, 0.15) is 25.0 Å². The maximum atomic E-state index is 14.4. The highest BCUT2D eigenvalue weighted by Gasteiger charge is 2.44. The number of carboxylic acid groups (broad SMARTS) is 1. The van der Waals surface area contributed by atoms with Gasteiger partial charge in [0.2, 0.25) is 0 Å². The first-order valence-electron chi connectivity index (χ1n) is 9.97. The van der Waals surface area contributed by atoms with Crippen LogP contribution in [0.25, 0.3) is 21.3 Å². The van der Waals surface area contributed by atoms with E-state index in [9.17, 15) is 14.3 Å². The van der Waals surface area contributed by atoms with E-state index in [0.29, 0.717) is 29.2 Å². The van der Waals surface area contributed by atoms with E-state index in [4.69, 9.17) is 0 Å². The number of pyridine rings is 1. The van der Waals surface area contributed by atoms with Crippen molar-refractivity contribution in [1.29, 1.82) is 0 Å². The molecule has 0 spiro atoms. The Hall–Kier alpha value is -3.73. The van der Waals surface area contributed by atoms with Crippen LogP contribution in [0.3, 0.4) is 0 Å². The zero-order valence-electron chi connectivity index (χ0n) is 16.8. The van der Waals surface area contributed by atoms with Crippen molar-refractivity contribution in [3.63, 3.8) is 0 Å². The molecule has 32 heavy (non-hydrogen) atoms. The van der Waals surface area contributed by atoms with Gasteiger partial charge in [0.25, 0.3) is 0 Å². The Kier molecular flexibility index (Phi) is 5.10. The van der Waals surface area contributed by atoms with E-state index in [1.807, 2.05) is 6.07 Å². The monoisotopic (exact) mass is 451 g/mol. The zero-order chi connectivity index (χ0) is 22.1. The molecule has 0 unspecified atom stereocenters. The lowest BCUT2D eigenvalue weighted by Crippen LogP contribution is -2.49. The standard InChI is InChI=1S/C21H18FN7O2S/c22-13-3-1-9-23-18(13)21(7-2-8-21)12-29(20(30)31)17-5-4-15(27-28-17)19-24-11-16(32-19)14-6-10-25-26-14/h1,3-6,9-11H,2,7-8,12H2,(H,25,26)(H,30,31). The Morgan fingerprint density at radius 3 is 2.69 bits per heavy atom. The molecule has 0 aliphatic heterocycles. The first kappa shape index (κ1) is 20.2. The number of aromatic nitrogens is 6. The Morgan fingerprint density at radius 1 is 1.19 bits per heavy atom. The minimum Gasteiger partial charge on any atom is -0.465 e. The molecule has 0 radical (unpaired) electrons. The molecule has 1 saturated carbocycles.